The van der Waals surface area contributed by atoms with Gasteiger partial charge in [0.25, 0.3) is 5.91 Å². The lowest BCUT2D eigenvalue weighted by atomic mass is 10.1. The number of nitrogens with two attached hydrogens (primary N) is 1. The molecule has 0 radical (unpaired) electrons. The average Bonchev–Trinajstić information content (AvgIpc) is 2.82. The summed E-state index contributed by atoms with van der Waals surface area (Å²) in [5, 5.41) is 2.80. The van der Waals surface area contributed by atoms with Crippen LogP contribution in [0, 0.1) is 6.92 Å². The number of amides is 1. The minimum atomic E-state index is -0.122. The third-order valence-corrected chi connectivity index (χ3v) is 2.53. The number of hydrogen-bond acceptors (Lipinski definition) is 3. The van der Waals surface area contributed by atoms with Gasteiger partial charge in [-0.05, 0) is 30.7 Å². The molecule has 17 heavy (non-hydrogen) atoms. The SMILES string of the molecule is Cc1cc(C(=O)NCc2cnc[nH]2)ccc1N. The number of rotatable bonds is 3. The number of nitrogens with zero attached hydrogens (tertiary/aromatic N) is 1. The number of imidazole rings is 1. The van der Waals surface area contributed by atoms with E-state index in [2.05, 4.69) is 15.3 Å². The molecule has 0 atom stereocenters. The Bertz CT molecular complexity index is 519. The molecule has 0 aliphatic heterocycles. The number of hydrogen-bond donors (Lipinski definition) is 3. The molecule has 4 N–H and O–H groups in total. The summed E-state index contributed by atoms with van der Waals surface area (Å²) in [6, 6.07) is 5.22. The van der Waals surface area contributed by atoms with E-state index in [9.17, 15) is 4.79 Å². The standard InChI is InChI=1S/C12H14N4O/c1-8-4-9(2-3-11(8)13)12(17)15-6-10-5-14-7-16-10/h2-5,7H,6,13H2,1H3,(H,14,16)(H,15,17). The first-order chi connectivity index (χ1) is 8.16. The maximum atomic E-state index is 11.8. The molecule has 5 nitrogen and oxygen atoms in total. The summed E-state index contributed by atoms with van der Waals surface area (Å²) < 4.78 is 0. The number of nitrogen functional groups attached to an aromatic ring is 1. The molecular weight excluding hydrogens is 216 g/mol. The first-order valence-corrected chi connectivity index (χ1v) is 5.28. The molecule has 0 saturated heterocycles. The molecule has 1 heterocycles. The zero-order valence-corrected chi connectivity index (χ0v) is 9.53. The third kappa shape index (κ3) is 2.63. The average molecular weight is 230 g/mol. The van der Waals surface area contributed by atoms with Crippen molar-refractivity contribution in [3.63, 3.8) is 0 Å². The smallest absolute Gasteiger partial charge is 0.251 e. The molecule has 88 valence electrons. The van der Waals surface area contributed by atoms with E-state index >= 15 is 0 Å². The molecular formula is C12H14N4O. The quantitative estimate of drug-likeness (QED) is 0.693. The summed E-state index contributed by atoms with van der Waals surface area (Å²) in [7, 11) is 0. The van der Waals surface area contributed by atoms with E-state index in [4.69, 9.17) is 5.73 Å². The molecule has 1 aromatic heterocycles. The van der Waals surface area contributed by atoms with E-state index in [0.29, 0.717) is 17.8 Å². The highest BCUT2D eigenvalue weighted by Gasteiger charge is 2.06. The summed E-state index contributed by atoms with van der Waals surface area (Å²) in [6.07, 6.45) is 3.25. The van der Waals surface area contributed by atoms with Crippen molar-refractivity contribution in [3.05, 3.63) is 47.5 Å². The fourth-order valence-corrected chi connectivity index (χ4v) is 1.48. The van der Waals surface area contributed by atoms with Crippen molar-refractivity contribution in [2.24, 2.45) is 0 Å². The third-order valence-electron chi connectivity index (χ3n) is 2.53. The van der Waals surface area contributed by atoms with Gasteiger partial charge >= 0.3 is 0 Å². The van der Waals surface area contributed by atoms with Crippen LogP contribution in [-0.4, -0.2) is 15.9 Å². The molecule has 0 bridgehead atoms. The van der Waals surface area contributed by atoms with Gasteiger partial charge < -0.3 is 16.0 Å². The second-order valence-corrected chi connectivity index (χ2v) is 3.83. The summed E-state index contributed by atoms with van der Waals surface area (Å²) in [4.78, 5) is 18.6. The molecule has 2 rings (SSSR count). The first kappa shape index (κ1) is 11.2. The molecule has 5 heteroatoms. The Morgan fingerprint density at radius 3 is 3.00 bits per heavy atom. The van der Waals surface area contributed by atoms with Crippen molar-refractivity contribution in [3.8, 4) is 0 Å². The minimum Gasteiger partial charge on any atom is -0.399 e. The predicted octanol–water partition coefficient (Wildman–Crippen LogP) is 1.23. The summed E-state index contributed by atoms with van der Waals surface area (Å²) >= 11 is 0. The van der Waals surface area contributed by atoms with Crippen LogP contribution in [0.5, 0.6) is 0 Å². The molecule has 2 aromatic rings. The van der Waals surface area contributed by atoms with Crippen molar-refractivity contribution in [1.82, 2.24) is 15.3 Å². The summed E-state index contributed by atoms with van der Waals surface area (Å²) in [5.41, 5.74) is 8.76. The van der Waals surface area contributed by atoms with Crippen LogP contribution >= 0.6 is 0 Å². The number of carbonyl (C=O) groups is 1. The lowest BCUT2D eigenvalue weighted by molar-refractivity contribution is 0.0950. The summed E-state index contributed by atoms with van der Waals surface area (Å²) in [6.45, 7) is 2.31. The van der Waals surface area contributed by atoms with Crippen LogP contribution in [0.25, 0.3) is 0 Å². The first-order valence-electron chi connectivity index (χ1n) is 5.28. The maximum absolute atomic E-state index is 11.8. The minimum absolute atomic E-state index is 0.122. The second-order valence-electron chi connectivity index (χ2n) is 3.83. The Kier molecular flexibility index (Phi) is 3.09. The van der Waals surface area contributed by atoms with E-state index < -0.39 is 0 Å². The highest BCUT2D eigenvalue weighted by Crippen LogP contribution is 2.12. The van der Waals surface area contributed by atoms with E-state index in [1.54, 1.807) is 30.7 Å². The Labute approximate surface area is 99.1 Å². The van der Waals surface area contributed by atoms with Crippen LogP contribution in [0.4, 0.5) is 5.69 Å². The van der Waals surface area contributed by atoms with Crippen LogP contribution in [-0.2, 0) is 6.54 Å². The van der Waals surface area contributed by atoms with Gasteiger partial charge in [-0.15, -0.1) is 0 Å². The lowest BCUT2D eigenvalue weighted by Gasteiger charge is -2.06. The van der Waals surface area contributed by atoms with Crippen LogP contribution in [0.15, 0.2) is 30.7 Å². The molecule has 0 saturated carbocycles. The zero-order chi connectivity index (χ0) is 12.3. The fraction of sp³-hybridized carbons (Fsp3) is 0.167. The molecule has 1 amide bonds. The lowest BCUT2D eigenvalue weighted by Crippen LogP contribution is -2.23. The summed E-state index contributed by atoms with van der Waals surface area (Å²) in [5.74, 6) is -0.122. The van der Waals surface area contributed by atoms with Gasteiger partial charge in [0.2, 0.25) is 0 Å². The van der Waals surface area contributed by atoms with E-state index in [1.807, 2.05) is 6.92 Å². The van der Waals surface area contributed by atoms with Crippen LogP contribution in [0.3, 0.4) is 0 Å². The van der Waals surface area contributed by atoms with Gasteiger partial charge in [0.1, 0.15) is 0 Å². The van der Waals surface area contributed by atoms with Crippen molar-refractivity contribution in [1.29, 1.82) is 0 Å². The second kappa shape index (κ2) is 4.69. The molecule has 0 fully saturated rings. The topological polar surface area (TPSA) is 83.8 Å². The number of aryl methyl sites for hydroxylation is 1. The van der Waals surface area contributed by atoms with Gasteiger partial charge in [-0.1, -0.05) is 0 Å². The number of aromatic amines is 1. The highest BCUT2D eigenvalue weighted by atomic mass is 16.1. The molecule has 0 unspecified atom stereocenters. The van der Waals surface area contributed by atoms with Crippen molar-refractivity contribution < 1.29 is 4.79 Å². The number of nitrogens with one attached hydrogen (secondary N) is 2. The monoisotopic (exact) mass is 230 g/mol. The van der Waals surface area contributed by atoms with Crippen LogP contribution in [0.2, 0.25) is 0 Å². The predicted molar refractivity (Wildman–Crippen MR) is 65.3 cm³/mol. The molecule has 0 aliphatic carbocycles. The van der Waals surface area contributed by atoms with Crippen molar-refractivity contribution in [2.75, 3.05) is 5.73 Å². The van der Waals surface area contributed by atoms with Gasteiger partial charge in [0.15, 0.2) is 0 Å². The van der Waals surface area contributed by atoms with E-state index in [-0.39, 0.29) is 5.91 Å². The van der Waals surface area contributed by atoms with Crippen LogP contribution in [0.1, 0.15) is 21.6 Å². The number of carbonyl (C=O) groups excluding carboxylic acids is 1. The van der Waals surface area contributed by atoms with Gasteiger partial charge in [-0.2, -0.15) is 0 Å². The van der Waals surface area contributed by atoms with E-state index in [1.165, 1.54) is 0 Å². The van der Waals surface area contributed by atoms with Gasteiger partial charge in [0.05, 0.1) is 18.6 Å². The Morgan fingerprint density at radius 1 is 1.53 bits per heavy atom. The Balaban J connectivity index is 2.02. The number of anilines is 1. The Hall–Kier alpha value is -2.30. The van der Waals surface area contributed by atoms with E-state index in [0.717, 1.165) is 11.3 Å². The van der Waals surface area contributed by atoms with Gasteiger partial charge in [-0.3, -0.25) is 4.79 Å². The zero-order valence-electron chi connectivity index (χ0n) is 9.53. The maximum Gasteiger partial charge on any atom is 0.251 e. The van der Waals surface area contributed by atoms with Crippen molar-refractivity contribution >= 4 is 11.6 Å². The number of benzene rings is 1. The van der Waals surface area contributed by atoms with Gasteiger partial charge in [0, 0.05) is 17.4 Å². The molecule has 0 spiro atoms. The molecule has 0 aliphatic rings. The Morgan fingerprint density at radius 2 is 2.35 bits per heavy atom. The normalized spacial score (nSPS) is 10.2. The number of H-pyrrole nitrogens is 1. The highest BCUT2D eigenvalue weighted by molar-refractivity contribution is 5.94. The fourth-order valence-electron chi connectivity index (χ4n) is 1.48. The largest absolute Gasteiger partial charge is 0.399 e. The number of aromatic nitrogens is 2. The van der Waals surface area contributed by atoms with Crippen molar-refractivity contribution in [2.45, 2.75) is 13.5 Å². The van der Waals surface area contributed by atoms with Gasteiger partial charge in [-0.25, -0.2) is 4.98 Å². The molecule has 1 aromatic carbocycles. The van der Waals surface area contributed by atoms with Crippen LogP contribution < -0.4 is 11.1 Å².